The fourth-order valence-electron chi connectivity index (χ4n) is 4.20. The number of ether oxygens (including phenoxy) is 1. The van der Waals surface area contributed by atoms with Crippen molar-refractivity contribution < 1.29 is 9.53 Å². The molecule has 2 aliphatic rings. The number of guanidine groups is 1. The quantitative estimate of drug-likeness (QED) is 0.578. The first-order valence-electron chi connectivity index (χ1n) is 10.7. The Kier molecular flexibility index (Phi) is 7.57. The first-order valence-corrected chi connectivity index (χ1v) is 10.7. The molecule has 2 saturated heterocycles. The summed E-state index contributed by atoms with van der Waals surface area (Å²) in [5.74, 6) is 2.23. The number of piperidine rings is 1. The minimum Gasteiger partial charge on any atom is -0.490 e. The van der Waals surface area contributed by atoms with Crippen molar-refractivity contribution in [3.8, 4) is 5.75 Å². The van der Waals surface area contributed by atoms with Gasteiger partial charge in [0.15, 0.2) is 5.96 Å². The summed E-state index contributed by atoms with van der Waals surface area (Å²) in [5.41, 5.74) is 0. The maximum absolute atomic E-state index is 12.0. The number of nitrogens with zero attached hydrogens (tertiary/aromatic N) is 3. The molecule has 1 aromatic rings. The number of hydrogen-bond donors (Lipinski definition) is 1. The van der Waals surface area contributed by atoms with Gasteiger partial charge in [-0.2, -0.15) is 0 Å². The van der Waals surface area contributed by atoms with E-state index in [1.54, 1.807) is 0 Å². The van der Waals surface area contributed by atoms with Crippen LogP contribution in [-0.4, -0.2) is 67.0 Å². The summed E-state index contributed by atoms with van der Waals surface area (Å²) in [7, 11) is 1.84. The third kappa shape index (κ3) is 5.40. The zero-order chi connectivity index (χ0) is 19.8. The van der Waals surface area contributed by atoms with Crippen LogP contribution in [0.3, 0.4) is 0 Å². The van der Waals surface area contributed by atoms with Crippen molar-refractivity contribution in [2.45, 2.75) is 57.6 Å². The van der Waals surface area contributed by atoms with Gasteiger partial charge in [-0.1, -0.05) is 25.1 Å². The molecule has 0 aromatic heterocycles. The minimum atomic E-state index is 0.266. The van der Waals surface area contributed by atoms with Gasteiger partial charge in [-0.25, -0.2) is 0 Å². The zero-order valence-corrected chi connectivity index (χ0v) is 17.3. The molecule has 1 unspecified atom stereocenters. The summed E-state index contributed by atoms with van der Waals surface area (Å²) in [6.45, 7) is 5.82. The summed E-state index contributed by atoms with van der Waals surface area (Å²) >= 11 is 0. The molecule has 154 valence electrons. The largest absolute Gasteiger partial charge is 0.490 e. The molecule has 1 amide bonds. The standard InChI is InChI=1S/C22H34N4O2/c1-3-18(26-15-7-10-21(26)27)11-14-24-22(23-2)25-16-12-20(13-17-25)28-19-8-5-4-6-9-19/h4-6,8-9,18,20H,3,7,10-17H2,1-2H3,(H,23,24). The molecule has 0 radical (unpaired) electrons. The fourth-order valence-corrected chi connectivity index (χ4v) is 4.20. The Hall–Kier alpha value is -2.24. The Labute approximate surface area is 168 Å². The first kappa shape index (κ1) is 20.5. The number of carbonyl (C=O) groups is 1. The molecule has 6 heteroatoms. The van der Waals surface area contributed by atoms with Gasteiger partial charge < -0.3 is 19.9 Å². The van der Waals surface area contributed by atoms with E-state index in [9.17, 15) is 4.79 Å². The van der Waals surface area contributed by atoms with Gasteiger partial charge >= 0.3 is 0 Å². The molecule has 0 bridgehead atoms. The lowest BCUT2D eigenvalue weighted by Crippen LogP contribution is -2.48. The lowest BCUT2D eigenvalue weighted by Gasteiger charge is -2.34. The van der Waals surface area contributed by atoms with Crippen LogP contribution in [0.1, 0.15) is 45.4 Å². The number of aliphatic imine (C=N–C) groups is 1. The van der Waals surface area contributed by atoms with E-state index >= 15 is 0 Å². The van der Waals surface area contributed by atoms with Crippen LogP contribution in [0.5, 0.6) is 5.75 Å². The van der Waals surface area contributed by atoms with Gasteiger partial charge in [0.2, 0.25) is 5.91 Å². The van der Waals surface area contributed by atoms with Crippen molar-refractivity contribution in [2.75, 3.05) is 33.2 Å². The lowest BCUT2D eigenvalue weighted by atomic mass is 10.1. The normalized spacial score (nSPS) is 19.8. The third-order valence-electron chi connectivity index (χ3n) is 5.78. The van der Waals surface area contributed by atoms with Gasteiger partial charge in [0.05, 0.1) is 0 Å². The van der Waals surface area contributed by atoms with E-state index < -0.39 is 0 Å². The Morgan fingerprint density at radius 1 is 1.25 bits per heavy atom. The van der Waals surface area contributed by atoms with Crippen molar-refractivity contribution in [3.05, 3.63) is 30.3 Å². The van der Waals surface area contributed by atoms with Crippen LogP contribution in [0, 0.1) is 0 Å². The van der Waals surface area contributed by atoms with Gasteiger partial charge in [0.1, 0.15) is 11.9 Å². The van der Waals surface area contributed by atoms with E-state index in [0.717, 1.165) is 70.0 Å². The number of nitrogens with one attached hydrogen (secondary N) is 1. The van der Waals surface area contributed by atoms with Crippen LogP contribution in [0.25, 0.3) is 0 Å². The Morgan fingerprint density at radius 3 is 2.61 bits per heavy atom. The predicted octanol–water partition coefficient (Wildman–Crippen LogP) is 2.90. The molecule has 0 saturated carbocycles. The summed E-state index contributed by atoms with van der Waals surface area (Å²) in [6.07, 6.45) is 5.95. The Balaban J connectivity index is 1.41. The second kappa shape index (κ2) is 10.3. The summed E-state index contributed by atoms with van der Waals surface area (Å²) in [5, 5.41) is 3.50. The molecular formula is C22H34N4O2. The SMILES string of the molecule is CCC(CCNC(=NC)N1CCC(Oc2ccccc2)CC1)N1CCCC1=O. The number of para-hydroxylation sites is 1. The van der Waals surface area contributed by atoms with Crippen molar-refractivity contribution in [2.24, 2.45) is 4.99 Å². The van der Waals surface area contributed by atoms with Gasteiger partial charge in [-0.15, -0.1) is 0 Å². The summed E-state index contributed by atoms with van der Waals surface area (Å²) in [4.78, 5) is 20.8. The number of carbonyl (C=O) groups excluding carboxylic acids is 1. The topological polar surface area (TPSA) is 57.2 Å². The molecule has 1 aromatic carbocycles. The summed E-state index contributed by atoms with van der Waals surface area (Å²) < 4.78 is 6.09. The second-order valence-electron chi connectivity index (χ2n) is 7.63. The van der Waals surface area contributed by atoms with Gasteiger partial charge in [0, 0.05) is 58.5 Å². The third-order valence-corrected chi connectivity index (χ3v) is 5.78. The Bertz CT molecular complexity index is 641. The summed E-state index contributed by atoms with van der Waals surface area (Å²) in [6, 6.07) is 10.4. The van der Waals surface area contributed by atoms with Crippen molar-refractivity contribution >= 4 is 11.9 Å². The molecule has 1 N–H and O–H groups in total. The number of amides is 1. The van der Waals surface area contributed by atoms with Crippen LogP contribution in [0.15, 0.2) is 35.3 Å². The highest BCUT2D eigenvalue weighted by molar-refractivity contribution is 5.80. The van der Waals surface area contributed by atoms with Crippen LogP contribution >= 0.6 is 0 Å². The zero-order valence-electron chi connectivity index (χ0n) is 17.3. The van der Waals surface area contributed by atoms with Gasteiger partial charge in [-0.05, 0) is 31.4 Å². The van der Waals surface area contributed by atoms with Crippen LogP contribution in [-0.2, 0) is 4.79 Å². The van der Waals surface area contributed by atoms with E-state index in [1.807, 2.05) is 37.4 Å². The van der Waals surface area contributed by atoms with Crippen LogP contribution < -0.4 is 10.1 Å². The van der Waals surface area contributed by atoms with Gasteiger partial charge in [0.25, 0.3) is 0 Å². The maximum Gasteiger partial charge on any atom is 0.222 e. The highest BCUT2D eigenvalue weighted by Crippen LogP contribution is 2.19. The molecule has 0 spiro atoms. The number of rotatable bonds is 7. The fraction of sp³-hybridized carbons (Fsp3) is 0.636. The number of likely N-dealkylation sites (tertiary alicyclic amines) is 2. The van der Waals surface area contributed by atoms with E-state index in [1.165, 1.54) is 0 Å². The van der Waals surface area contributed by atoms with E-state index in [4.69, 9.17) is 4.74 Å². The van der Waals surface area contributed by atoms with Crippen molar-refractivity contribution in [1.29, 1.82) is 0 Å². The van der Waals surface area contributed by atoms with E-state index in [-0.39, 0.29) is 6.10 Å². The monoisotopic (exact) mass is 386 g/mol. The molecule has 1 atom stereocenters. The highest BCUT2D eigenvalue weighted by atomic mass is 16.5. The maximum atomic E-state index is 12.0. The van der Waals surface area contributed by atoms with E-state index in [0.29, 0.717) is 18.4 Å². The van der Waals surface area contributed by atoms with Crippen LogP contribution in [0.4, 0.5) is 0 Å². The molecule has 2 aliphatic heterocycles. The molecule has 0 aliphatic carbocycles. The molecule has 28 heavy (non-hydrogen) atoms. The molecule has 2 heterocycles. The average molecular weight is 387 g/mol. The highest BCUT2D eigenvalue weighted by Gasteiger charge is 2.27. The second-order valence-corrected chi connectivity index (χ2v) is 7.63. The molecule has 3 rings (SSSR count). The lowest BCUT2D eigenvalue weighted by molar-refractivity contribution is -0.129. The number of benzene rings is 1. The van der Waals surface area contributed by atoms with Crippen molar-refractivity contribution in [1.82, 2.24) is 15.1 Å². The molecule has 2 fully saturated rings. The Morgan fingerprint density at radius 2 is 2.00 bits per heavy atom. The molecule has 6 nitrogen and oxygen atoms in total. The predicted molar refractivity (Wildman–Crippen MR) is 113 cm³/mol. The number of hydrogen-bond acceptors (Lipinski definition) is 3. The van der Waals surface area contributed by atoms with Crippen LogP contribution in [0.2, 0.25) is 0 Å². The average Bonchev–Trinajstić information content (AvgIpc) is 3.16. The first-order chi connectivity index (χ1) is 13.7. The van der Waals surface area contributed by atoms with Gasteiger partial charge in [-0.3, -0.25) is 9.79 Å². The smallest absolute Gasteiger partial charge is 0.222 e. The van der Waals surface area contributed by atoms with E-state index in [2.05, 4.69) is 27.0 Å². The minimum absolute atomic E-state index is 0.266. The molecular weight excluding hydrogens is 352 g/mol. The van der Waals surface area contributed by atoms with Crippen molar-refractivity contribution in [3.63, 3.8) is 0 Å².